The zero-order chi connectivity index (χ0) is 20.0. The van der Waals surface area contributed by atoms with Crippen molar-refractivity contribution < 1.29 is 37.6 Å². The summed E-state index contributed by atoms with van der Waals surface area (Å²) in [6.07, 6.45) is -1.03. The summed E-state index contributed by atoms with van der Waals surface area (Å²) in [4.78, 5) is 25.0. The van der Waals surface area contributed by atoms with Crippen LogP contribution < -0.4 is 0 Å². The topological polar surface area (TPSA) is 101 Å². The van der Waals surface area contributed by atoms with Crippen LogP contribution in [0.3, 0.4) is 0 Å². The molecule has 0 aliphatic carbocycles. The second kappa shape index (κ2) is 14.0. The second-order valence-corrected chi connectivity index (χ2v) is 7.44. The van der Waals surface area contributed by atoms with E-state index in [1.165, 1.54) is 4.90 Å². The Morgan fingerprint density at radius 3 is 1.92 bits per heavy atom. The summed E-state index contributed by atoms with van der Waals surface area (Å²) in [5.41, 5.74) is 0. The Hall–Kier alpha value is -1.15. The van der Waals surface area contributed by atoms with Gasteiger partial charge in [0.1, 0.15) is 6.29 Å². The maximum atomic E-state index is 13.3. The van der Waals surface area contributed by atoms with Crippen molar-refractivity contribution in [2.24, 2.45) is 0 Å². The molecule has 26 heavy (non-hydrogen) atoms. The molecule has 0 radical (unpaired) electrons. The number of carbonyl (C=O) groups excluding carboxylic acids is 2. The predicted octanol–water partition coefficient (Wildman–Crippen LogP) is 3.03. The fraction of sp³-hybridized carbons (Fsp3) is 0.875. The van der Waals surface area contributed by atoms with Gasteiger partial charge in [0, 0.05) is 19.8 Å². The van der Waals surface area contributed by atoms with Crippen LogP contribution in [0.25, 0.3) is 0 Å². The van der Waals surface area contributed by atoms with E-state index in [0.29, 0.717) is 0 Å². The molecular formula is C16H32NO8P. The first-order valence-corrected chi connectivity index (χ1v) is 10.8. The number of ether oxygens (including phenoxy) is 4. The van der Waals surface area contributed by atoms with Crippen LogP contribution in [0.1, 0.15) is 41.0 Å². The molecule has 0 aliphatic rings. The smallest absolute Gasteiger partial charge is 0.410 e. The van der Waals surface area contributed by atoms with Crippen molar-refractivity contribution in [3.63, 3.8) is 0 Å². The van der Waals surface area contributed by atoms with Crippen LogP contribution in [0.15, 0.2) is 0 Å². The van der Waals surface area contributed by atoms with Crippen molar-refractivity contribution in [3.05, 3.63) is 0 Å². The highest BCUT2D eigenvalue weighted by Crippen LogP contribution is 2.53. The summed E-state index contributed by atoms with van der Waals surface area (Å²) in [6, 6.07) is -1.10. The third-order valence-corrected chi connectivity index (χ3v) is 5.44. The van der Waals surface area contributed by atoms with Crippen molar-refractivity contribution in [1.29, 1.82) is 0 Å². The Kier molecular flexibility index (Phi) is 13.4. The molecule has 154 valence electrons. The zero-order valence-corrected chi connectivity index (χ0v) is 17.3. The Bertz CT molecular complexity index is 454. The van der Waals surface area contributed by atoms with Gasteiger partial charge in [0.25, 0.3) is 7.37 Å². The molecule has 0 rings (SSSR count). The third kappa shape index (κ3) is 8.98. The van der Waals surface area contributed by atoms with E-state index in [2.05, 4.69) is 0 Å². The van der Waals surface area contributed by atoms with E-state index in [9.17, 15) is 14.2 Å². The van der Waals surface area contributed by atoms with E-state index >= 15 is 0 Å². The quantitative estimate of drug-likeness (QED) is 0.250. The minimum absolute atomic E-state index is 0.0142. The standard InChI is InChI=1S/C16H32NO8P/c1-6-21-14(18)11-12-17(15(19)22-7-2)13-26(20,25-10-5)16(23-8-3)24-9-4/h16H,6-13H2,1-5H3. The number of hydrogen-bond donors (Lipinski definition) is 0. The molecule has 10 heteroatoms. The van der Waals surface area contributed by atoms with Crippen molar-refractivity contribution in [1.82, 2.24) is 4.90 Å². The molecule has 1 amide bonds. The summed E-state index contributed by atoms with van der Waals surface area (Å²) >= 11 is 0. The lowest BCUT2D eigenvalue weighted by Crippen LogP contribution is -2.37. The number of rotatable bonds is 14. The normalized spacial score (nSPS) is 13.3. The lowest BCUT2D eigenvalue weighted by atomic mass is 10.4. The van der Waals surface area contributed by atoms with Gasteiger partial charge in [-0.1, -0.05) is 0 Å². The summed E-state index contributed by atoms with van der Waals surface area (Å²) in [5.74, 6) is -0.459. The maximum Gasteiger partial charge on any atom is 0.410 e. The van der Waals surface area contributed by atoms with E-state index < -0.39 is 25.5 Å². The fourth-order valence-electron chi connectivity index (χ4n) is 2.08. The van der Waals surface area contributed by atoms with E-state index in [1.807, 2.05) is 0 Å². The van der Waals surface area contributed by atoms with Crippen LogP contribution in [0.5, 0.6) is 0 Å². The summed E-state index contributed by atoms with van der Waals surface area (Å²) < 4.78 is 39.5. The first kappa shape index (κ1) is 24.8. The molecule has 0 N–H and O–H groups in total. The largest absolute Gasteiger partial charge is 0.466 e. The third-order valence-electron chi connectivity index (χ3n) is 3.07. The highest BCUT2D eigenvalue weighted by atomic mass is 31.2. The Labute approximate surface area is 155 Å². The van der Waals surface area contributed by atoms with Gasteiger partial charge in [0.15, 0.2) is 0 Å². The maximum absolute atomic E-state index is 13.3. The number of hydrogen-bond acceptors (Lipinski definition) is 8. The molecule has 0 aromatic carbocycles. The van der Waals surface area contributed by atoms with Crippen LogP contribution in [0, 0.1) is 0 Å². The lowest BCUT2D eigenvalue weighted by molar-refractivity contribution is -0.143. The van der Waals surface area contributed by atoms with Crippen molar-refractivity contribution >= 4 is 19.4 Å². The summed E-state index contributed by atoms with van der Waals surface area (Å²) in [5, 5.41) is 0. The van der Waals surface area contributed by atoms with Crippen LogP contribution in [-0.4, -0.2) is 68.9 Å². The van der Waals surface area contributed by atoms with Gasteiger partial charge < -0.3 is 23.5 Å². The molecule has 0 spiro atoms. The highest BCUT2D eigenvalue weighted by Gasteiger charge is 2.39. The van der Waals surface area contributed by atoms with Crippen LogP contribution in [-0.2, 0) is 32.8 Å². The van der Waals surface area contributed by atoms with E-state index in [-0.39, 0.29) is 52.3 Å². The van der Waals surface area contributed by atoms with Crippen molar-refractivity contribution in [2.75, 3.05) is 45.9 Å². The van der Waals surface area contributed by atoms with Gasteiger partial charge in [0.2, 0.25) is 6.03 Å². The van der Waals surface area contributed by atoms with Gasteiger partial charge in [-0.25, -0.2) is 4.79 Å². The van der Waals surface area contributed by atoms with Gasteiger partial charge in [-0.05, 0) is 34.6 Å². The molecule has 0 heterocycles. The monoisotopic (exact) mass is 397 g/mol. The lowest BCUT2D eigenvalue weighted by Gasteiger charge is -2.31. The summed E-state index contributed by atoms with van der Waals surface area (Å²) in [6.45, 7) is 9.59. The fourth-order valence-corrected chi connectivity index (χ4v) is 4.34. The molecule has 0 saturated heterocycles. The number of esters is 1. The van der Waals surface area contributed by atoms with Gasteiger partial charge in [0.05, 0.1) is 26.2 Å². The number of amides is 1. The molecule has 0 aromatic rings. The zero-order valence-electron chi connectivity index (χ0n) is 16.4. The molecule has 0 bridgehead atoms. The first-order chi connectivity index (χ1) is 12.4. The molecule has 0 fully saturated rings. The minimum atomic E-state index is -3.54. The predicted molar refractivity (Wildman–Crippen MR) is 96.1 cm³/mol. The average Bonchev–Trinajstić information content (AvgIpc) is 2.59. The molecule has 1 atom stereocenters. The first-order valence-electron chi connectivity index (χ1n) is 8.92. The molecule has 0 saturated carbocycles. The highest BCUT2D eigenvalue weighted by molar-refractivity contribution is 7.59. The number of carbonyl (C=O) groups is 2. The van der Waals surface area contributed by atoms with Gasteiger partial charge in [-0.15, -0.1) is 0 Å². The van der Waals surface area contributed by atoms with Crippen LogP contribution >= 0.6 is 7.37 Å². The number of nitrogens with zero attached hydrogens (tertiary/aromatic N) is 1. The van der Waals surface area contributed by atoms with E-state index in [4.69, 9.17) is 23.5 Å². The Morgan fingerprint density at radius 2 is 1.46 bits per heavy atom. The average molecular weight is 397 g/mol. The minimum Gasteiger partial charge on any atom is -0.466 e. The van der Waals surface area contributed by atoms with E-state index in [0.717, 1.165) is 0 Å². The van der Waals surface area contributed by atoms with Crippen molar-refractivity contribution in [3.8, 4) is 0 Å². The van der Waals surface area contributed by atoms with Gasteiger partial charge in [-0.2, -0.15) is 0 Å². The second-order valence-electron chi connectivity index (χ2n) is 5.02. The van der Waals surface area contributed by atoms with Crippen LogP contribution in [0.4, 0.5) is 4.79 Å². The molecule has 1 unspecified atom stereocenters. The Balaban J connectivity index is 5.35. The molecular weight excluding hydrogens is 365 g/mol. The Morgan fingerprint density at radius 1 is 0.885 bits per heavy atom. The van der Waals surface area contributed by atoms with Crippen molar-refractivity contribution in [2.45, 2.75) is 47.1 Å². The summed E-state index contributed by atoms with van der Waals surface area (Å²) in [7, 11) is -3.54. The molecule has 9 nitrogen and oxygen atoms in total. The molecule has 0 aromatic heterocycles. The van der Waals surface area contributed by atoms with Gasteiger partial charge in [-0.3, -0.25) is 14.3 Å². The van der Waals surface area contributed by atoms with Crippen LogP contribution in [0.2, 0.25) is 0 Å². The van der Waals surface area contributed by atoms with Gasteiger partial charge >= 0.3 is 12.1 Å². The molecule has 0 aliphatic heterocycles. The van der Waals surface area contributed by atoms with E-state index in [1.54, 1.807) is 34.6 Å². The SMILES string of the molecule is CCOC(=O)CCN(CP(=O)(OCC)C(OCC)OCC)C(=O)OCC.